The minimum Gasteiger partial charge on any atom is -0.0622 e. The van der Waals surface area contributed by atoms with E-state index in [1.165, 1.54) is 15.9 Å². The summed E-state index contributed by atoms with van der Waals surface area (Å²) in [6, 6.07) is 32.3. The van der Waals surface area contributed by atoms with E-state index in [2.05, 4.69) is 114 Å². The number of hydrogen-bond acceptors (Lipinski definition) is 0. The maximum absolute atomic E-state index is 4.61. The summed E-state index contributed by atoms with van der Waals surface area (Å²) >= 11 is 1.61. The second-order valence-corrected chi connectivity index (χ2v) is 7.52. The average Bonchev–Trinajstić information content (AvgIpc) is 2.66. The summed E-state index contributed by atoms with van der Waals surface area (Å²) in [5.74, 6) is 0. The van der Waals surface area contributed by atoms with Crippen LogP contribution in [-0.2, 0) is 18.8 Å². The van der Waals surface area contributed by atoms with Crippen LogP contribution < -0.4 is 15.9 Å². The summed E-state index contributed by atoms with van der Waals surface area (Å²) in [5, 5.41) is 4.19. The van der Waals surface area contributed by atoms with Gasteiger partial charge in [-0.2, -0.15) is 0 Å². The molecule has 0 aromatic heterocycles. The molecular weight excluding hydrogens is 526 g/mol. The first-order valence-electron chi connectivity index (χ1n) is 7.73. The van der Waals surface area contributed by atoms with Crippen molar-refractivity contribution in [3.8, 4) is 0 Å². The van der Waals surface area contributed by atoms with Crippen molar-refractivity contribution in [2.24, 2.45) is 0 Å². The molecule has 3 heteroatoms. The molecule has 132 valence electrons. The van der Waals surface area contributed by atoms with Crippen molar-refractivity contribution < 1.29 is 18.8 Å². The van der Waals surface area contributed by atoms with E-state index >= 15 is 0 Å². The van der Waals surface area contributed by atoms with Crippen LogP contribution in [0.15, 0.2) is 103 Å². The van der Waals surface area contributed by atoms with Crippen molar-refractivity contribution >= 4 is 33.3 Å². The minimum absolute atomic E-state index is 0.446. The fourth-order valence-electron chi connectivity index (χ4n) is 2.18. The smallest absolute Gasteiger partial charge is 0.0134 e. The second kappa shape index (κ2) is 13.1. The second-order valence-electron chi connectivity index (χ2n) is 5.30. The van der Waals surface area contributed by atoms with Crippen LogP contribution in [0.5, 0.6) is 0 Å². The molecule has 0 aliphatic heterocycles. The molecule has 0 aliphatic carbocycles. The van der Waals surface area contributed by atoms with Gasteiger partial charge in [0.25, 0.3) is 0 Å². The molecule has 0 saturated heterocycles. The number of benzene rings is 3. The molecule has 0 heterocycles. The van der Waals surface area contributed by atoms with E-state index in [4.69, 9.17) is 0 Å². The molecular formula is C22H22ClPPt. The number of halogens is 1. The molecule has 0 saturated carbocycles. The van der Waals surface area contributed by atoms with Crippen LogP contribution in [0.3, 0.4) is 0 Å². The van der Waals surface area contributed by atoms with Crippen molar-refractivity contribution in [2.75, 3.05) is 0 Å². The first-order valence-corrected chi connectivity index (χ1v) is 11.9. The Morgan fingerprint density at radius 1 is 0.680 bits per heavy atom. The SMILES string of the molecule is [CH2]C(=C)C.[Cl][Pt].c1ccc(P(c2ccccc2)c2ccccc2)cc1. The fourth-order valence-corrected chi connectivity index (χ4v) is 4.48. The van der Waals surface area contributed by atoms with Gasteiger partial charge >= 0.3 is 28.2 Å². The van der Waals surface area contributed by atoms with Gasteiger partial charge < -0.3 is 0 Å². The predicted molar refractivity (Wildman–Crippen MR) is 111 cm³/mol. The van der Waals surface area contributed by atoms with Gasteiger partial charge in [-0.1, -0.05) is 96.6 Å². The molecule has 0 amide bonds. The van der Waals surface area contributed by atoms with Gasteiger partial charge in [0.05, 0.1) is 0 Å². The van der Waals surface area contributed by atoms with E-state index in [1.807, 2.05) is 6.92 Å². The van der Waals surface area contributed by atoms with E-state index in [1.54, 1.807) is 18.8 Å². The van der Waals surface area contributed by atoms with Gasteiger partial charge in [-0.3, -0.25) is 0 Å². The quantitative estimate of drug-likeness (QED) is 0.379. The van der Waals surface area contributed by atoms with Crippen LogP contribution in [0.25, 0.3) is 0 Å². The maximum atomic E-state index is 4.61. The Labute approximate surface area is 168 Å². The van der Waals surface area contributed by atoms with Gasteiger partial charge in [0.15, 0.2) is 0 Å². The van der Waals surface area contributed by atoms with Gasteiger partial charge in [0.2, 0.25) is 0 Å². The zero-order valence-electron chi connectivity index (χ0n) is 14.2. The third-order valence-corrected chi connectivity index (χ3v) is 5.49. The molecule has 3 aromatic carbocycles. The Morgan fingerprint density at radius 2 is 0.880 bits per heavy atom. The molecule has 25 heavy (non-hydrogen) atoms. The average molecular weight is 548 g/mol. The van der Waals surface area contributed by atoms with Crippen molar-refractivity contribution in [1.82, 2.24) is 0 Å². The van der Waals surface area contributed by atoms with Gasteiger partial charge in [-0.05, 0) is 37.7 Å². The number of allylic oxidation sites excluding steroid dienone is 1. The summed E-state index contributed by atoms with van der Waals surface area (Å²) in [6.45, 7) is 8.75. The van der Waals surface area contributed by atoms with E-state index in [-0.39, 0.29) is 0 Å². The van der Waals surface area contributed by atoms with Crippen LogP contribution in [0.4, 0.5) is 0 Å². The molecule has 0 N–H and O–H groups in total. The molecule has 3 aromatic rings. The molecule has 0 spiro atoms. The summed E-state index contributed by atoms with van der Waals surface area (Å²) in [7, 11) is 4.17. The number of hydrogen-bond donors (Lipinski definition) is 0. The van der Waals surface area contributed by atoms with Crippen molar-refractivity contribution in [1.29, 1.82) is 0 Å². The molecule has 0 nitrogen and oxygen atoms in total. The maximum Gasteiger partial charge on any atom is -0.0134 e. The fraction of sp³-hybridized carbons (Fsp3) is 0.0455. The van der Waals surface area contributed by atoms with Gasteiger partial charge in [0.1, 0.15) is 0 Å². The van der Waals surface area contributed by atoms with E-state index < -0.39 is 7.92 Å². The normalized spacial score (nSPS) is 9.36. The Bertz CT molecular complexity index is 617. The third-order valence-electron chi connectivity index (χ3n) is 3.04. The van der Waals surface area contributed by atoms with Gasteiger partial charge in [-0.15, -0.1) is 6.58 Å². The van der Waals surface area contributed by atoms with E-state index in [0.29, 0.717) is 0 Å². The topological polar surface area (TPSA) is 0 Å². The van der Waals surface area contributed by atoms with Crippen LogP contribution in [0, 0.1) is 6.92 Å². The molecule has 0 aliphatic rings. The van der Waals surface area contributed by atoms with Crippen molar-refractivity contribution in [3.05, 3.63) is 110 Å². The summed E-state index contributed by atoms with van der Waals surface area (Å²) < 4.78 is 0. The Hall–Kier alpha value is -1.19. The van der Waals surface area contributed by atoms with E-state index in [0.717, 1.165) is 5.57 Å². The predicted octanol–water partition coefficient (Wildman–Crippen LogP) is 5.53. The largest absolute Gasteiger partial charge is 0.0622 e. The summed E-state index contributed by atoms with van der Waals surface area (Å²) in [4.78, 5) is 0. The zero-order chi connectivity index (χ0) is 18.5. The standard InChI is InChI=1S/C18H15P.C4H7.ClH.Pt/c1-4-10-16(11-5-1)19(17-12-6-2-7-13-17)18-14-8-3-9-15-18;1-4(2)3;;/h1-15H;1-2H2,3H3;1H;/q;;;+1/p-1. The van der Waals surface area contributed by atoms with Crippen LogP contribution in [-0.4, -0.2) is 0 Å². The van der Waals surface area contributed by atoms with Gasteiger partial charge in [-0.25, -0.2) is 0 Å². The molecule has 0 bridgehead atoms. The minimum atomic E-state index is -0.446. The molecule has 0 unspecified atom stereocenters. The van der Waals surface area contributed by atoms with E-state index in [9.17, 15) is 0 Å². The first kappa shape index (κ1) is 21.9. The van der Waals surface area contributed by atoms with Crippen LogP contribution in [0.2, 0.25) is 0 Å². The summed E-state index contributed by atoms with van der Waals surface area (Å²) in [5.41, 5.74) is 0.917. The van der Waals surface area contributed by atoms with Crippen molar-refractivity contribution in [3.63, 3.8) is 0 Å². The molecule has 0 atom stereocenters. The third kappa shape index (κ3) is 8.15. The first-order chi connectivity index (χ1) is 12.2. The Morgan fingerprint density at radius 3 is 1.08 bits per heavy atom. The Kier molecular flexibility index (Phi) is 11.4. The molecule has 1 radical (unpaired) electrons. The number of rotatable bonds is 3. The van der Waals surface area contributed by atoms with Crippen molar-refractivity contribution in [2.45, 2.75) is 6.92 Å². The zero-order valence-corrected chi connectivity index (χ0v) is 18.1. The molecule has 3 rings (SSSR count). The van der Waals surface area contributed by atoms with Gasteiger partial charge in [0, 0.05) is 0 Å². The Balaban J connectivity index is 0.000000461. The summed E-state index contributed by atoms with van der Waals surface area (Å²) in [6.07, 6.45) is 0. The van der Waals surface area contributed by atoms with Crippen LogP contribution in [0.1, 0.15) is 6.92 Å². The molecule has 0 fully saturated rings. The monoisotopic (exact) mass is 547 g/mol. The van der Waals surface area contributed by atoms with Crippen LogP contribution >= 0.6 is 17.3 Å².